The molecule has 11 aromatic rings. The summed E-state index contributed by atoms with van der Waals surface area (Å²) in [5.41, 5.74) is 17.2. The van der Waals surface area contributed by atoms with E-state index in [0.29, 0.717) is 61.2 Å². The second-order valence-corrected chi connectivity index (χ2v) is 36.4. The molecule has 3 amide bonds. The number of carbonyl (C=O) groups excluding carboxylic acids is 8. The zero-order valence-corrected chi connectivity index (χ0v) is 79.8. The van der Waals surface area contributed by atoms with E-state index in [1.165, 1.54) is 31.4 Å². The van der Waals surface area contributed by atoms with Crippen molar-refractivity contribution in [2.24, 2.45) is 21.1 Å². The third kappa shape index (κ3) is 27.9. The fraction of sp³-hybridized carbons (Fsp3) is 0.305. The predicted molar refractivity (Wildman–Crippen MR) is 519 cm³/mol. The molecule has 0 spiro atoms. The second-order valence-electron chi connectivity index (χ2n) is 36.4. The summed E-state index contributed by atoms with van der Waals surface area (Å²) >= 11 is 0. The maximum absolute atomic E-state index is 13.6. The van der Waals surface area contributed by atoms with Gasteiger partial charge in [-0.2, -0.15) is 15.3 Å². The highest BCUT2D eigenvalue weighted by Gasteiger charge is 2.32. The number of benzene rings is 8. The molecule has 14 rings (SSSR count). The number of hydrogen-bond acceptors (Lipinski definition) is 21. The summed E-state index contributed by atoms with van der Waals surface area (Å²) in [7, 11) is 6.96. The van der Waals surface area contributed by atoms with Gasteiger partial charge < -0.3 is 64.5 Å². The average molecular weight is 1820 g/mol. The number of nitrogens with one attached hydrogen (secondary N) is 3. The number of ether oxygens (including phenoxy) is 5. The molecule has 0 saturated heterocycles. The Labute approximate surface area is 781 Å². The van der Waals surface area contributed by atoms with Gasteiger partial charge in [-0.3, -0.25) is 38.0 Å². The monoisotopic (exact) mass is 1820 g/mol. The minimum absolute atomic E-state index is 0.0725. The van der Waals surface area contributed by atoms with Gasteiger partial charge in [0.05, 0.1) is 90.6 Å². The summed E-state index contributed by atoms with van der Waals surface area (Å²) in [6.07, 6.45) is 15.9. The van der Waals surface area contributed by atoms with Crippen molar-refractivity contribution in [1.82, 2.24) is 29.3 Å². The van der Waals surface area contributed by atoms with Crippen LogP contribution in [0.1, 0.15) is 220 Å². The van der Waals surface area contributed by atoms with Crippen LogP contribution in [0.2, 0.25) is 0 Å². The fourth-order valence-corrected chi connectivity index (χ4v) is 14.6. The van der Waals surface area contributed by atoms with Crippen LogP contribution in [0, 0.1) is 34.6 Å². The molecular weight excluding hydrogens is 1700 g/mol. The Hall–Kier alpha value is -15.3. The van der Waals surface area contributed by atoms with Crippen LogP contribution in [-0.4, -0.2) is 129 Å². The van der Waals surface area contributed by atoms with Crippen molar-refractivity contribution in [2.75, 3.05) is 37.8 Å². The molecule has 3 aliphatic rings. The smallest absolute Gasteiger partial charge is 0.337 e. The number of amides is 3. The molecule has 0 atom stereocenters. The first kappa shape index (κ1) is 101. The van der Waals surface area contributed by atoms with Crippen LogP contribution in [-0.2, 0) is 101 Å². The van der Waals surface area contributed by atoms with E-state index in [4.69, 9.17) is 29.2 Å². The lowest BCUT2D eigenvalue weighted by molar-refractivity contribution is -0.155. The lowest BCUT2D eigenvalue weighted by Gasteiger charge is -2.23. The molecule has 0 bridgehead atoms. The Kier molecular flexibility index (Phi) is 32.8. The standard InChI is InChI=1S/C26H30N4O3.C26H28N4O3.C22H22N4O3.C16H20O4.C15H18O4/c2*1-17-14-19(11-10-18(17)12-13-23(31)33-26(2,3)4)25(32)30-16-20-15-27-29(5)24(20)28-21-8-6-7-9-22(21)30;1-14-11-16(8-7-15(14)9-10-20(27)28)22(29)26-13-17-12-23-25(2)21(17)24-18-5-3-4-6-19(18)26;1-11-10-13(15(18)19-5)7-6-12(11)8-9-14(17)20-16(2,3)4;1-10-9-12(14(17)18)6-5-11(10)7-8-13(16)19-15(2,3)4/h6-11,14-15,28H,12-13,16H2,1-5H3;6-15,28H,16H2,1-5H3;3-8,11-12,24H,9-10,13H2,1-2H3,(H,27,28);6-10H,1-5H3;5-9H,1-4H3,(H,17,18)/b;13-12+;;9-8+;8-7+. The average Bonchev–Trinajstić information content (AvgIpc) is 1.63. The SMILES string of the molecule is COC(=O)c1ccc(/C=C/C(=O)OC(C)(C)C)c(C)c1.Cc1cc(C(=O)N2Cc3cnn(C)c3Nc3ccccc32)ccc1/C=C/C(=O)OC(C)(C)C.Cc1cc(C(=O)N2Cc3cnn(C)c3Nc3ccccc32)ccc1CCC(=O)O.Cc1cc(C(=O)N2Cc3cnn(C)c3Nc3ccccc32)ccc1CCC(=O)OC(C)(C)C.Cc1cc(C(=O)O)ccc1/C=C/C(=O)OC(C)(C)C. The Morgan fingerprint density at radius 3 is 0.970 bits per heavy atom. The van der Waals surface area contributed by atoms with E-state index in [2.05, 4.69) is 36.0 Å². The quantitative estimate of drug-likeness (QED) is 0.0321. The van der Waals surface area contributed by atoms with Gasteiger partial charge in [-0.15, -0.1) is 0 Å². The highest BCUT2D eigenvalue weighted by molar-refractivity contribution is 6.11. The first-order chi connectivity index (χ1) is 63.1. The number of carboxylic acid groups (broad SMARTS) is 2. The molecule has 700 valence electrons. The van der Waals surface area contributed by atoms with Crippen LogP contribution < -0.4 is 30.7 Å². The van der Waals surface area contributed by atoms with Gasteiger partial charge in [-0.05, 0) is 301 Å². The van der Waals surface area contributed by atoms with Crippen molar-refractivity contribution in [2.45, 2.75) is 185 Å². The molecule has 29 heteroatoms. The first-order valence-electron chi connectivity index (χ1n) is 43.7. The minimum Gasteiger partial charge on any atom is -0.481 e. The molecule has 8 aromatic carbocycles. The third-order valence-corrected chi connectivity index (χ3v) is 21.1. The van der Waals surface area contributed by atoms with E-state index >= 15 is 0 Å². The molecule has 3 aliphatic heterocycles. The van der Waals surface area contributed by atoms with E-state index in [1.807, 2.05) is 226 Å². The molecule has 0 fully saturated rings. The maximum Gasteiger partial charge on any atom is 0.337 e. The summed E-state index contributed by atoms with van der Waals surface area (Å²) < 4.78 is 31.0. The van der Waals surface area contributed by atoms with E-state index in [-0.39, 0.29) is 41.6 Å². The molecule has 3 aromatic heterocycles. The predicted octanol–water partition coefficient (Wildman–Crippen LogP) is 19.7. The van der Waals surface area contributed by atoms with Gasteiger partial charge in [0.25, 0.3) is 17.7 Å². The zero-order valence-electron chi connectivity index (χ0n) is 79.8. The van der Waals surface area contributed by atoms with Crippen LogP contribution in [0.4, 0.5) is 51.6 Å². The number of carboxylic acids is 2. The normalized spacial score (nSPS) is 12.5. The third-order valence-electron chi connectivity index (χ3n) is 21.1. The molecule has 0 radical (unpaired) electrons. The van der Waals surface area contributed by atoms with Gasteiger partial charge in [0.1, 0.15) is 39.9 Å². The maximum atomic E-state index is 13.6. The topological polar surface area (TPSA) is 357 Å². The molecule has 0 unspecified atom stereocenters. The Balaban J connectivity index is 0.000000177. The van der Waals surface area contributed by atoms with Crippen LogP contribution in [0.3, 0.4) is 0 Å². The lowest BCUT2D eigenvalue weighted by atomic mass is 10.00. The van der Waals surface area contributed by atoms with Gasteiger partial charge in [0, 0.05) is 85.6 Å². The largest absolute Gasteiger partial charge is 0.481 e. The summed E-state index contributed by atoms with van der Waals surface area (Å²) in [6.45, 7) is 32.6. The lowest BCUT2D eigenvalue weighted by Crippen LogP contribution is -2.30. The number of aromatic nitrogens is 6. The van der Waals surface area contributed by atoms with Crippen molar-refractivity contribution in [1.29, 1.82) is 0 Å². The number of nitrogens with zero attached hydrogens (tertiary/aromatic N) is 9. The van der Waals surface area contributed by atoms with Crippen molar-refractivity contribution < 1.29 is 81.8 Å². The number of anilines is 9. The van der Waals surface area contributed by atoms with Gasteiger partial charge in [-0.1, -0.05) is 66.7 Å². The van der Waals surface area contributed by atoms with Crippen LogP contribution in [0.5, 0.6) is 0 Å². The highest BCUT2D eigenvalue weighted by atomic mass is 16.6. The Morgan fingerprint density at radius 1 is 0.373 bits per heavy atom. The summed E-state index contributed by atoms with van der Waals surface area (Å²) in [5, 5.41) is 40.9. The van der Waals surface area contributed by atoms with Crippen molar-refractivity contribution >= 4 is 129 Å². The minimum atomic E-state index is -0.967. The van der Waals surface area contributed by atoms with Gasteiger partial charge in [-0.25, -0.2) is 24.0 Å². The Morgan fingerprint density at radius 2 is 0.664 bits per heavy atom. The van der Waals surface area contributed by atoms with Crippen molar-refractivity contribution in [3.05, 3.63) is 301 Å². The van der Waals surface area contributed by atoms with E-state index in [1.54, 1.807) is 136 Å². The van der Waals surface area contributed by atoms with Crippen LogP contribution >= 0.6 is 0 Å². The van der Waals surface area contributed by atoms with Crippen LogP contribution in [0.25, 0.3) is 18.2 Å². The number of rotatable bonds is 17. The Bertz CT molecular complexity index is 6330. The number of aromatic carboxylic acids is 1. The molecule has 29 nitrogen and oxygen atoms in total. The molecule has 0 saturated carbocycles. The summed E-state index contributed by atoms with van der Waals surface area (Å²) in [5.74, 6) is -1.28. The zero-order chi connectivity index (χ0) is 98.0. The van der Waals surface area contributed by atoms with Gasteiger partial charge >= 0.3 is 41.8 Å². The summed E-state index contributed by atoms with van der Waals surface area (Å²) in [6, 6.07) is 49.7. The van der Waals surface area contributed by atoms with Gasteiger partial charge in [0.2, 0.25) is 0 Å². The van der Waals surface area contributed by atoms with E-state index in [0.717, 1.165) is 124 Å². The number of esters is 5. The van der Waals surface area contributed by atoms with E-state index in [9.17, 15) is 47.9 Å². The summed E-state index contributed by atoms with van der Waals surface area (Å²) in [4.78, 5) is 126. The highest BCUT2D eigenvalue weighted by Crippen LogP contribution is 2.41. The number of hydrogen-bond donors (Lipinski definition) is 5. The van der Waals surface area contributed by atoms with E-state index < -0.39 is 52.3 Å². The second kappa shape index (κ2) is 43.6. The number of aliphatic carboxylic acids is 1. The number of fused-ring (bicyclic) bond motifs is 6. The number of para-hydroxylation sites is 6. The molecular formula is C105H118N12O17. The fourth-order valence-electron chi connectivity index (χ4n) is 14.6. The first-order valence-corrected chi connectivity index (χ1v) is 43.7. The molecule has 134 heavy (non-hydrogen) atoms. The van der Waals surface area contributed by atoms with Gasteiger partial charge in [0.15, 0.2) is 0 Å². The molecule has 0 aliphatic carbocycles. The number of carbonyl (C=O) groups is 10. The van der Waals surface area contributed by atoms with Crippen molar-refractivity contribution in [3.63, 3.8) is 0 Å². The number of methoxy groups -OCH3 is 1. The molecule has 6 heterocycles. The van der Waals surface area contributed by atoms with Crippen molar-refractivity contribution in [3.8, 4) is 0 Å². The molecule has 5 N–H and O–H groups in total. The number of aryl methyl sites for hydroxylation is 10. The van der Waals surface area contributed by atoms with Crippen LogP contribution in [0.15, 0.2) is 201 Å².